The van der Waals surface area contributed by atoms with Crippen LogP contribution >= 0.6 is 0 Å². The Balaban J connectivity index is 2.27. The lowest BCUT2D eigenvalue weighted by atomic mass is 10.1. The summed E-state index contributed by atoms with van der Waals surface area (Å²) < 4.78 is 29.4. The number of hydrogen-bond donors (Lipinski definition) is 1. The maximum Gasteiger partial charge on any atom is 0.244 e. The molecular formula is C15H27N3O2S. The zero-order valence-electron chi connectivity index (χ0n) is 13.2. The molecule has 6 heteroatoms. The van der Waals surface area contributed by atoms with Crippen molar-refractivity contribution in [1.82, 2.24) is 8.87 Å². The van der Waals surface area contributed by atoms with Gasteiger partial charge >= 0.3 is 0 Å². The standard InChI is InChI=1S/C15H27N3O2S/c1-4-17-11-15(9-14(17)10-16)21(19,20)18(13-5-6-13)8-7-12(2)3/h9,11-13H,4-8,10,16H2,1-3H3. The quantitative estimate of drug-likeness (QED) is 0.799. The first kappa shape index (κ1) is 16.5. The van der Waals surface area contributed by atoms with E-state index in [0.717, 1.165) is 31.5 Å². The summed E-state index contributed by atoms with van der Waals surface area (Å²) in [5.41, 5.74) is 6.57. The lowest BCUT2D eigenvalue weighted by molar-refractivity contribution is 0.373. The molecule has 1 fully saturated rings. The summed E-state index contributed by atoms with van der Waals surface area (Å²) in [5, 5.41) is 0. The van der Waals surface area contributed by atoms with Crippen molar-refractivity contribution in [3.63, 3.8) is 0 Å². The van der Waals surface area contributed by atoms with Crippen LogP contribution in [0.1, 0.15) is 45.7 Å². The maximum atomic E-state index is 12.9. The molecule has 120 valence electrons. The van der Waals surface area contributed by atoms with Crippen molar-refractivity contribution in [1.29, 1.82) is 0 Å². The first-order chi connectivity index (χ1) is 9.90. The van der Waals surface area contributed by atoms with Crippen LogP contribution in [0, 0.1) is 5.92 Å². The van der Waals surface area contributed by atoms with E-state index in [1.54, 1.807) is 16.6 Å². The predicted octanol–water partition coefficient (Wildman–Crippen LogP) is 2.17. The van der Waals surface area contributed by atoms with Crippen molar-refractivity contribution in [2.24, 2.45) is 11.7 Å². The van der Waals surface area contributed by atoms with Gasteiger partial charge < -0.3 is 10.3 Å². The number of rotatable bonds is 8. The molecule has 1 aliphatic carbocycles. The molecule has 1 aliphatic rings. The van der Waals surface area contributed by atoms with Crippen LogP contribution in [0.25, 0.3) is 0 Å². The first-order valence-corrected chi connectivity index (χ1v) is 9.25. The molecule has 0 aromatic carbocycles. The van der Waals surface area contributed by atoms with E-state index in [-0.39, 0.29) is 6.04 Å². The van der Waals surface area contributed by atoms with Gasteiger partial charge in [-0.1, -0.05) is 13.8 Å². The zero-order chi connectivity index (χ0) is 15.6. The number of aryl methyl sites for hydroxylation is 1. The van der Waals surface area contributed by atoms with Gasteiger partial charge in [0.1, 0.15) is 4.90 Å². The van der Waals surface area contributed by atoms with Gasteiger partial charge in [0.2, 0.25) is 10.0 Å². The van der Waals surface area contributed by atoms with Crippen molar-refractivity contribution >= 4 is 10.0 Å². The normalized spacial score (nSPS) is 16.1. The van der Waals surface area contributed by atoms with E-state index < -0.39 is 10.0 Å². The molecule has 0 unspecified atom stereocenters. The lowest BCUT2D eigenvalue weighted by Gasteiger charge is -2.22. The average molecular weight is 313 g/mol. The monoisotopic (exact) mass is 313 g/mol. The van der Waals surface area contributed by atoms with Crippen molar-refractivity contribution in [3.05, 3.63) is 18.0 Å². The molecule has 5 nitrogen and oxygen atoms in total. The third-order valence-corrected chi connectivity index (χ3v) is 5.92. The number of nitrogens with zero attached hydrogens (tertiary/aromatic N) is 2. The number of hydrogen-bond acceptors (Lipinski definition) is 3. The SMILES string of the molecule is CCn1cc(S(=O)(=O)N(CCC(C)C)C2CC2)cc1CN. The Hall–Kier alpha value is -0.850. The highest BCUT2D eigenvalue weighted by Crippen LogP contribution is 2.33. The Morgan fingerprint density at radius 2 is 2.10 bits per heavy atom. The topological polar surface area (TPSA) is 68.3 Å². The summed E-state index contributed by atoms with van der Waals surface area (Å²) in [5.74, 6) is 0.501. The van der Waals surface area contributed by atoms with Crippen LogP contribution in [0.2, 0.25) is 0 Å². The average Bonchev–Trinajstić information content (AvgIpc) is 3.15. The molecule has 1 saturated carbocycles. The summed E-state index contributed by atoms with van der Waals surface area (Å²) in [4.78, 5) is 0.389. The van der Waals surface area contributed by atoms with E-state index in [1.807, 2.05) is 11.5 Å². The molecule has 1 aromatic rings. The molecule has 21 heavy (non-hydrogen) atoms. The van der Waals surface area contributed by atoms with Gasteiger partial charge in [-0.3, -0.25) is 0 Å². The van der Waals surface area contributed by atoms with E-state index in [4.69, 9.17) is 5.73 Å². The van der Waals surface area contributed by atoms with Gasteiger partial charge in [0, 0.05) is 37.6 Å². The predicted molar refractivity (Wildman–Crippen MR) is 84.4 cm³/mol. The third-order valence-electron chi connectivity index (χ3n) is 4.00. The smallest absolute Gasteiger partial charge is 0.244 e. The zero-order valence-corrected chi connectivity index (χ0v) is 14.1. The fourth-order valence-electron chi connectivity index (χ4n) is 2.51. The Bertz CT molecular complexity index is 552. The van der Waals surface area contributed by atoms with Gasteiger partial charge in [0.25, 0.3) is 0 Å². The highest BCUT2D eigenvalue weighted by molar-refractivity contribution is 7.89. The molecule has 2 rings (SSSR count). The lowest BCUT2D eigenvalue weighted by Crippen LogP contribution is -2.34. The van der Waals surface area contributed by atoms with Gasteiger partial charge in [-0.2, -0.15) is 4.31 Å². The van der Waals surface area contributed by atoms with Crippen LogP contribution in [0.3, 0.4) is 0 Å². The highest BCUT2D eigenvalue weighted by atomic mass is 32.2. The van der Waals surface area contributed by atoms with Gasteiger partial charge in [0.15, 0.2) is 0 Å². The van der Waals surface area contributed by atoms with Crippen LogP contribution in [0.5, 0.6) is 0 Å². The molecule has 2 N–H and O–H groups in total. The molecule has 0 radical (unpaired) electrons. The van der Waals surface area contributed by atoms with Gasteiger partial charge in [0.05, 0.1) is 0 Å². The Morgan fingerprint density at radius 3 is 2.52 bits per heavy atom. The molecular weight excluding hydrogens is 286 g/mol. The number of nitrogens with two attached hydrogens (primary N) is 1. The van der Waals surface area contributed by atoms with E-state index in [1.165, 1.54) is 0 Å². The molecule has 0 spiro atoms. The van der Waals surface area contributed by atoms with E-state index in [0.29, 0.717) is 23.9 Å². The number of sulfonamides is 1. The molecule has 0 saturated heterocycles. The summed E-state index contributed by atoms with van der Waals surface area (Å²) >= 11 is 0. The van der Waals surface area contributed by atoms with Crippen LogP contribution < -0.4 is 5.73 Å². The molecule has 1 heterocycles. The summed E-state index contributed by atoms with van der Waals surface area (Å²) in [6, 6.07) is 1.92. The van der Waals surface area contributed by atoms with E-state index in [9.17, 15) is 8.42 Å². The van der Waals surface area contributed by atoms with Gasteiger partial charge in [-0.15, -0.1) is 0 Å². The molecule has 0 atom stereocenters. The molecule has 0 aliphatic heterocycles. The molecule has 1 aromatic heterocycles. The molecule has 0 amide bonds. The van der Waals surface area contributed by atoms with Crippen molar-refractivity contribution in [2.75, 3.05) is 6.54 Å². The first-order valence-electron chi connectivity index (χ1n) is 7.81. The van der Waals surface area contributed by atoms with Crippen LogP contribution in [-0.2, 0) is 23.1 Å². The second-order valence-electron chi connectivity index (χ2n) is 6.19. The summed E-state index contributed by atoms with van der Waals surface area (Å²) in [7, 11) is -3.40. The second-order valence-corrected chi connectivity index (χ2v) is 8.08. The minimum atomic E-state index is -3.40. The Labute approximate surface area is 128 Å². The van der Waals surface area contributed by atoms with Crippen molar-refractivity contribution in [3.8, 4) is 0 Å². The van der Waals surface area contributed by atoms with E-state index in [2.05, 4.69) is 13.8 Å². The molecule has 0 bridgehead atoms. The fourth-order valence-corrected chi connectivity index (χ4v) is 4.28. The van der Waals surface area contributed by atoms with Crippen LogP contribution in [0.4, 0.5) is 0 Å². The maximum absolute atomic E-state index is 12.9. The second kappa shape index (κ2) is 6.50. The highest BCUT2D eigenvalue weighted by Gasteiger charge is 2.38. The van der Waals surface area contributed by atoms with Crippen molar-refractivity contribution < 1.29 is 8.42 Å². The largest absolute Gasteiger partial charge is 0.349 e. The van der Waals surface area contributed by atoms with Gasteiger partial charge in [-0.25, -0.2) is 8.42 Å². The van der Waals surface area contributed by atoms with Crippen LogP contribution in [-0.4, -0.2) is 29.9 Å². The minimum absolute atomic E-state index is 0.194. The third kappa shape index (κ3) is 3.67. The Morgan fingerprint density at radius 1 is 1.43 bits per heavy atom. The number of aromatic nitrogens is 1. The van der Waals surface area contributed by atoms with E-state index >= 15 is 0 Å². The summed E-state index contributed by atoms with van der Waals surface area (Å²) in [6.45, 7) is 7.94. The Kier molecular flexibility index (Phi) is 5.11. The summed E-state index contributed by atoms with van der Waals surface area (Å²) in [6.07, 6.45) is 4.58. The van der Waals surface area contributed by atoms with Crippen molar-refractivity contribution in [2.45, 2.75) is 64.1 Å². The fraction of sp³-hybridized carbons (Fsp3) is 0.733. The van der Waals surface area contributed by atoms with Crippen LogP contribution in [0.15, 0.2) is 17.2 Å². The van der Waals surface area contributed by atoms with Gasteiger partial charge in [-0.05, 0) is 38.2 Å². The minimum Gasteiger partial charge on any atom is -0.349 e.